The molecule has 2 N–H and O–H groups in total. The standard InChI is InChI=1S/C12H13N3O2/c1-16-9-3-4-10(11(5-9)17-2)8-6-14-12(13)15-7-8/h3-7H,1-2H3,(H2,13,14,15). The number of anilines is 1. The minimum absolute atomic E-state index is 0.251. The number of benzene rings is 1. The van der Waals surface area contributed by atoms with E-state index in [2.05, 4.69) is 9.97 Å². The van der Waals surface area contributed by atoms with Crippen molar-refractivity contribution >= 4 is 5.95 Å². The molecule has 88 valence electrons. The van der Waals surface area contributed by atoms with Gasteiger partial charge in [-0.05, 0) is 12.1 Å². The summed E-state index contributed by atoms with van der Waals surface area (Å²) in [6, 6.07) is 5.56. The number of aromatic nitrogens is 2. The molecule has 2 aromatic rings. The molecule has 0 aliphatic carbocycles. The van der Waals surface area contributed by atoms with E-state index in [-0.39, 0.29) is 5.95 Å². The molecule has 0 saturated carbocycles. The van der Waals surface area contributed by atoms with Crippen molar-refractivity contribution in [3.63, 3.8) is 0 Å². The molecule has 0 radical (unpaired) electrons. The van der Waals surface area contributed by atoms with Crippen molar-refractivity contribution in [3.05, 3.63) is 30.6 Å². The molecular formula is C12H13N3O2. The average molecular weight is 231 g/mol. The fourth-order valence-corrected chi connectivity index (χ4v) is 1.51. The lowest BCUT2D eigenvalue weighted by Gasteiger charge is -2.09. The van der Waals surface area contributed by atoms with Crippen LogP contribution in [0.15, 0.2) is 30.6 Å². The molecule has 5 heteroatoms. The van der Waals surface area contributed by atoms with Gasteiger partial charge in [-0.1, -0.05) is 0 Å². The first kappa shape index (κ1) is 11.2. The Hall–Kier alpha value is -2.30. The van der Waals surface area contributed by atoms with Crippen molar-refractivity contribution in [2.75, 3.05) is 20.0 Å². The number of ether oxygens (including phenoxy) is 2. The van der Waals surface area contributed by atoms with Crippen molar-refractivity contribution in [1.29, 1.82) is 0 Å². The lowest BCUT2D eigenvalue weighted by molar-refractivity contribution is 0.395. The van der Waals surface area contributed by atoms with Gasteiger partial charge in [-0.15, -0.1) is 0 Å². The van der Waals surface area contributed by atoms with Crippen LogP contribution in [0.25, 0.3) is 11.1 Å². The summed E-state index contributed by atoms with van der Waals surface area (Å²) in [5.41, 5.74) is 7.19. The van der Waals surface area contributed by atoms with Crippen molar-refractivity contribution in [1.82, 2.24) is 9.97 Å². The summed E-state index contributed by atoms with van der Waals surface area (Å²) in [5.74, 6) is 1.70. The van der Waals surface area contributed by atoms with Gasteiger partial charge in [0.2, 0.25) is 5.95 Å². The summed E-state index contributed by atoms with van der Waals surface area (Å²) in [6.45, 7) is 0. The van der Waals surface area contributed by atoms with E-state index in [1.807, 2.05) is 18.2 Å². The fourth-order valence-electron chi connectivity index (χ4n) is 1.51. The lowest BCUT2D eigenvalue weighted by atomic mass is 10.1. The van der Waals surface area contributed by atoms with E-state index < -0.39 is 0 Å². The smallest absolute Gasteiger partial charge is 0.219 e. The summed E-state index contributed by atoms with van der Waals surface area (Å²) in [7, 11) is 3.22. The van der Waals surface area contributed by atoms with Crippen molar-refractivity contribution in [3.8, 4) is 22.6 Å². The van der Waals surface area contributed by atoms with Crippen molar-refractivity contribution in [2.24, 2.45) is 0 Å². The summed E-state index contributed by atoms with van der Waals surface area (Å²) in [4.78, 5) is 7.91. The van der Waals surface area contributed by atoms with Crippen molar-refractivity contribution < 1.29 is 9.47 Å². The van der Waals surface area contributed by atoms with E-state index in [1.165, 1.54) is 0 Å². The van der Waals surface area contributed by atoms with Crippen LogP contribution in [0.5, 0.6) is 11.5 Å². The third-order valence-corrected chi connectivity index (χ3v) is 2.39. The maximum absolute atomic E-state index is 5.45. The number of methoxy groups -OCH3 is 2. The van der Waals surface area contributed by atoms with Crippen LogP contribution in [-0.4, -0.2) is 24.2 Å². The van der Waals surface area contributed by atoms with Gasteiger partial charge in [-0.25, -0.2) is 9.97 Å². The molecular weight excluding hydrogens is 218 g/mol. The predicted octanol–water partition coefficient (Wildman–Crippen LogP) is 1.74. The molecule has 0 amide bonds. The maximum Gasteiger partial charge on any atom is 0.219 e. The Morgan fingerprint density at radius 2 is 1.76 bits per heavy atom. The van der Waals surface area contributed by atoms with Crippen LogP contribution in [0, 0.1) is 0 Å². The summed E-state index contributed by atoms with van der Waals surface area (Å²) in [5, 5.41) is 0. The van der Waals surface area contributed by atoms with Gasteiger partial charge in [0, 0.05) is 29.6 Å². The number of hydrogen-bond acceptors (Lipinski definition) is 5. The van der Waals surface area contributed by atoms with Gasteiger partial charge >= 0.3 is 0 Å². The molecule has 0 unspecified atom stereocenters. The number of rotatable bonds is 3. The Labute approximate surface area is 99.2 Å². The highest BCUT2D eigenvalue weighted by atomic mass is 16.5. The third-order valence-electron chi connectivity index (χ3n) is 2.39. The Morgan fingerprint density at radius 3 is 2.35 bits per heavy atom. The van der Waals surface area contributed by atoms with Crippen LogP contribution in [0.2, 0.25) is 0 Å². The van der Waals surface area contributed by atoms with Crippen LogP contribution in [0.1, 0.15) is 0 Å². The molecule has 0 aliphatic heterocycles. The number of nitrogen functional groups attached to an aromatic ring is 1. The van der Waals surface area contributed by atoms with Crippen LogP contribution < -0.4 is 15.2 Å². The molecule has 0 atom stereocenters. The van der Waals surface area contributed by atoms with E-state index in [1.54, 1.807) is 26.6 Å². The molecule has 1 aromatic heterocycles. The first-order valence-electron chi connectivity index (χ1n) is 5.04. The average Bonchev–Trinajstić information content (AvgIpc) is 2.39. The van der Waals surface area contributed by atoms with E-state index in [0.29, 0.717) is 5.75 Å². The van der Waals surface area contributed by atoms with Gasteiger partial charge in [0.15, 0.2) is 0 Å². The second-order valence-electron chi connectivity index (χ2n) is 3.40. The third kappa shape index (κ3) is 2.28. The van der Waals surface area contributed by atoms with Gasteiger partial charge in [-0.3, -0.25) is 0 Å². The van der Waals surface area contributed by atoms with Crippen LogP contribution in [0.3, 0.4) is 0 Å². The molecule has 0 aliphatic rings. The normalized spacial score (nSPS) is 10.0. The minimum atomic E-state index is 0.251. The first-order valence-corrected chi connectivity index (χ1v) is 5.04. The molecule has 17 heavy (non-hydrogen) atoms. The molecule has 1 heterocycles. The molecule has 0 spiro atoms. The summed E-state index contributed by atoms with van der Waals surface area (Å²) in [6.07, 6.45) is 3.32. The van der Waals surface area contributed by atoms with E-state index >= 15 is 0 Å². The second kappa shape index (κ2) is 4.69. The highest BCUT2D eigenvalue weighted by Crippen LogP contribution is 2.32. The van der Waals surface area contributed by atoms with Crippen LogP contribution in [-0.2, 0) is 0 Å². The fraction of sp³-hybridized carbons (Fsp3) is 0.167. The first-order chi connectivity index (χ1) is 8.24. The van der Waals surface area contributed by atoms with E-state index in [0.717, 1.165) is 16.9 Å². The molecule has 0 saturated heterocycles. The predicted molar refractivity (Wildman–Crippen MR) is 65.0 cm³/mol. The Balaban J connectivity index is 2.47. The number of nitrogens with two attached hydrogens (primary N) is 1. The SMILES string of the molecule is COc1ccc(-c2cnc(N)nc2)c(OC)c1. The minimum Gasteiger partial charge on any atom is -0.497 e. The Kier molecular flexibility index (Phi) is 3.09. The molecule has 5 nitrogen and oxygen atoms in total. The van der Waals surface area contributed by atoms with Crippen LogP contribution >= 0.6 is 0 Å². The van der Waals surface area contributed by atoms with E-state index in [9.17, 15) is 0 Å². The Morgan fingerprint density at radius 1 is 1.06 bits per heavy atom. The van der Waals surface area contributed by atoms with Gasteiger partial charge in [-0.2, -0.15) is 0 Å². The monoisotopic (exact) mass is 231 g/mol. The molecule has 1 aromatic carbocycles. The molecule has 0 bridgehead atoms. The summed E-state index contributed by atoms with van der Waals surface area (Å²) < 4.78 is 10.4. The number of nitrogens with zero attached hydrogens (tertiary/aromatic N) is 2. The zero-order valence-electron chi connectivity index (χ0n) is 9.68. The highest BCUT2D eigenvalue weighted by molar-refractivity contribution is 5.70. The van der Waals surface area contributed by atoms with Gasteiger partial charge < -0.3 is 15.2 Å². The Bertz CT molecular complexity index is 512. The van der Waals surface area contributed by atoms with E-state index in [4.69, 9.17) is 15.2 Å². The second-order valence-corrected chi connectivity index (χ2v) is 3.40. The van der Waals surface area contributed by atoms with Crippen molar-refractivity contribution in [2.45, 2.75) is 0 Å². The zero-order chi connectivity index (χ0) is 12.3. The quantitative estimate of drug-likeness (QED) is 0.871. The maximum atomic E-state index is 5.45. The zero-order valence-corrected chi connectivity index (χ0v) is 9.68. The largest absolute Gasteiger partial charge is 0.497 e. The van der Waals surface area contributed by atoms with Gasteiger partial charge in [0.25, 0.3) is 0 Å². The molecule has 2 rings (SSSR count). The lowest BCUT2D eigenvalue weighted by Crippen LogP contribution is -1.95. The van der Waals surface area contributed by atoms with Gasteiger partial charge in [0.05, 0.1) is 14.2 Å². The van der Waals surface area contributed by atoms with Crippen LogP contribution in [0.4, 0.5) is 5.95 Å². The number of hydrogen-bond donors (Lipinski definition) is 1. The highest BCUT2D eigenvalue weighted by Gasteiger charge is 2.08. The molecule has 0 fully saturated rings. The van der Waals surface area contributed by atoms with Gasteiger partial charge in [0.1, 0.15) is 11.5 Å². The summed E-state index contributed by atoms with van der Waals surface area (Å²) >= 11 is 0. The topological polar surface area (TPSA) is 70.3 Å².